The molecule has 12 nitrogen and oxygen atoms in total. The van der Waals surface area contributed by atoms with Crippen LogP contribution in [0.2, 0.25) is 0 Å². The van der Waals surface area contributed by atoms with Crippen LogP contribution in [0.25, 0.3) is 6.08 Å². The monoisotopic (exact) mass is 536 g/mol. The van der Waals surface area contributed by atoms with Crippen LogP contribution in [0.5, 0.6) is 5.75 Å². The lowest BCUT2D eigenvalue weighted by atomic mass is 9.81. The predicted molar refractivity (Wildman–Crippen MR) is 128 cm³/mol. The van der Waals surface area contributed by atoms with Crippen molar-refractivity contribution in [1.82, 2.24) is 0 Å². The van der Waals surface area contributed by atoms with Crippen molar-refractivity contribution in [1.29, 1.82) is 0 Å². The second-order valence-corrected chi connectivity index (χ2v) is 9.76. The molecular formula is C26H32O12. The summed E-state index contributed by atoms with van der Waals surface area (Å²) in [6.07, 6.45) is -4.56. The van der Waals surface area contributed by atoms with Crippen LogP contribution in [0.3, 0.4) is 0 Å². The Morgan fingerprint density at radius 3 is 2.50 bits per heavy atom. The zero-order chi connectivity index (χ0) is 27.6. The Morgan fingerprint density at radius 2 is 1.87 bits per heavy atom. The van der Waals surface area contributed by atoms with Gasteiger partial charge in [0.05, 0.1) is 37.1 Å². The summed E-state index contributed by atoms with van der Waals surface area (Å²) in [5.41, 5.74) is -0.684. The van der Waals surface area contributed by atoms with Crippen LogP contribution in [0.15, 0.2) is 42.2 Å². The number of aliphatic hydroxyl groups excluding tert-OH is 3. The number of methoxy groups -OCH3 is 1. The van der Waals surface area contributed by atoms with Crippen LogP contribution in [0, 0.1) is 11.8 Å². The number of hydrogen-bond acceptors (Lipinski definition) is 11. The molecule has 0 amide bonds. The van der Waals surface area contributed by atoms with E-state index in [0.29, 0.717) is 17.7 Å². The minimum atomic E-state index is -1.70. The highest BCUT2D eigenvalue weighted by atomic mass is 16.8. The normalized spacial score (nSPS) is 36.7. The smallest absolute Gasteiger partial charge is 0.334 e. The van der Waals surface area contributed by atoms with Crippen LogP contribution < -0.4 is 4.74 Å². The second kappa shape index (κ2) is 11.4. The highest BCUT2D eigenvalue weighted by molar-refractivity contribution is 5.87. The van der Waals surface area contributed by atoms with Gasteiger partial charge < -0.3 is 49.2 Å². The molecule has 2 fully saturated rings. The molecule has 1 aromatic rings. The molecule has 208 valence electrons. The number of benzene rings is 1. The maximum absolute atomic E-state index is 12.6. The van der Waals surface area contributed by atoms with E-state index in [-0.39, 0.29) is 12.0 Å². The van der Waals surface area contributed by atoms with E-state index in [4.69, 9.17) is 23.7 Å². The predicted octanol–water partition coefficient (Wildman–Crippen LogP) is 0.178. The maximum atomic E-state index is 12.6. The first kappa shape index (κ1) is 28.0. The van der Waals surface area contributed by atoms with Gasteiger partial charge in [0.15, 0.2) is 6.10 Å². The number of carbonyl (C=O) groups excluding carboxylic acids is 1. The molecule has 3 aliphatic rings. The summed E-state index contributed by atoms with van der Waals surface area (Å²) in [4.78, 5) is 24.3. The molecule has 1 saturated carbocycles. The molecule has 0 unspecified atom stereocenters. The number of rotatable bonds is 8. The average Bonchev–Trinajstić information content (AvgIpc) is 3.22. The lowest BCUT2D eigenvalue weighted by Gasteiger charge is -2.44. The number of aliphatic carboxylic acids is 1. The summed E-state index contributed by atoms with van der Waals surface area (Å²) in [5, 5.41) is 51.2. The Hall–Kier alpha value is -3.00. The van der Waals surface area contributed by atoms with Gasteiger partial charge in [0.2, 0.25) is 12.6 Å². The number of carboxylic acid groups (broad SMARTS) is 1. The first-order valence-electron chi connectivity index (χ1n) is 12.2. The summed E-state index contributed by atoms with van der Waals surface area (Å²) in [6, 6.07) is 6.84. The third kappa shape index (κ3) is 5.70. The van der Waals surface area contributed by atoms with E-state index in [2.05, 4.69) is 0 Å². The molecule has 5 N–H and O–H groups in total. The lowest BCUT2D eigenvalue weighted by molar-refractivity contribution is -0.346. The van der Waals surface area contributed by atoms with Gasteiger partial charge in [0.1, 0.15) is 24.1 Å². The van der Waals surface area contributed by atoms with Crippen molar-refractivity contribution >= 4 is 18.0 Å². The molecule has 0 aromatic heterocycles. The Morgan fingerprint density at radius 1 is 1.16 bits per heavy atom. The molecule has 2 aliphatic heterocycles. The first-order valence-corrected chi connectivity index (χ1v) is 12.2. The summed E-state index contributed by atoms with van der Waals surface area (Å²) >= 11 is 0. The number of aliphatic hydroxyl groups is 4. The van der Waals surface area contributed by atoms with E-state index in [1.807, 2.05) is 0 Å². The third-order valence-electron chi connectivity index (χ3n) is 7.25. The zero-order valence-corrected chi connectivity index (χ0v) is 20.9. The van der Waals surface area contributed by atoms with E-state index in [1.54, 1.807) is 31.2 Å². The number of esters is 1. The van der Waals surface area contributed by atoms with Crippen molar-refractivity contribution in [2.24, 2.45) is 11.8 Å². The van der Waals surface area contributed by atoms with Crippen LogP contribution >= 0.6 is 0 Å². The molecule has 1 saturated heterocycles. The highest BCUT2D eigenvalue weighted by Gasteiger charge is 2.56. The molecule has 1 aliphatic carbocycles. The van der Waals surface area contributed by atoms with E-state index in [9.17, 15) is 35.1 Å². The molecule has 1 aromatic carbocycles. The number of ether oxygens (including phenoxy) is 5. The standard InChI is InChI=1S/C26H32O12/c1-26(33)10-9-15-16(23(31)32)12-35-24(19(15)26)38-25-22(21(30)20(29)17(11-27)36-25)37-18(28)8-5-13-3-6-14(34-2)7-4-13/h3-8,12,15,17,19-22,24-25,27,29-30,33H,9-11H2,1-2H3,(H,31,32)/t15-,17-,19-,20-,21+,22-,24+,25+,26+/m1/s1. The van der Waals surface area contributed by atoms with Crippen LogP contribution in [0.1, 0.15) is 25.3 Å². The summed E-state index contributed by atoms with van der Waals surface area (Å²) in [7, 11) is 1.53. The average molecular weight is 537 g/mol. The lowest BCUT2D eigenvalue weighted by Crippen LogP contribution is -2.61. The van der Waals surface area contributed by atoms with Crippen molar-refractivity contribution in [3.05, 3.63) is 47.7 Å². The Balaban J connectivity index is 1.53. The van der Waals surface area contributed by atoms with Gasteiger partial charge in [-0.1, -0.05) is 12.1 Å². The van der Waals surface area contributed by atoms with Crippen molar-refractivity contribution in [3.8, 4) is 5.75 Å². The molecule has 0 spiro atoms. The first-order chi connectivity index (χ1) is 18.1. The zero-order valence-electron chi connectivity index (χ0n) is 20.9. The van der Waals surface area contributed by atoms with E-state index in [0.717, 1.165) is 12.3 Å². The largest absolute Gasteiger partial charge is 0.497 e. The van der Waals surface area contributed by atoms with Gasteiger partial charge in [-0.2, -0.15) is 0 Å². The van der Waals surface area contributed by atoms with Crippen molar-refractivity contribution in [2.45, 2.75) is 62.4 Å². The van der Waals surface area contributed by atoms with Crippen molar-refractivity contribution in [2.75, 3.05) is 13.7 Å². The van der Waals surface area contributed by atoms with E-state index < -0.39 is 73.0 Å². The highest BCUT2D eigenvalue weighted by Crippen LogP contribution is 2.49. The molecule has 38 heavy (non-hydrogen) atoms. The fourth-order valence-corrected chi connectivity index (χ4v) is 5.17. The minimum absolute atomic E-state index is 0.00692. The molecule has 0 bridgehead atoms. The van der Waals surface area contributed by atoms with Crippen LogP contribution in [-0.2, 0) is 28.5 Å². The third-order valence-corrected chi connectivity index (χ3v) is 7.25. The van der Waals surface area contributed by atoms with Gasteiger partial charge in [-0.25, -0.2) is 9.59 Å². The molecule has 9 atom stereocenters. The topological polar surface area (TPSA) is 181 Å². The number of fused-ring (bicyclic) bond motifs is 1. The quantitative estimate of drug-likeness (QED) is 0.225. The second-order valence-electron chi connectivity index (χ2n) is 9.76. The Bertz CT molecular complexity index is 1060. The van der Waals surface area contributed by atoms with Gasteiger partial charge in [-0.3, -0.25) is 0 Å². The van der Waals surface area contributed by atoms with Gasteiger partial charge in [0, 0.05) is 12.0 Å². The van der Waals surface area contributed by atoms with E-state index >= 15 is 0 Å². The van der Waals surface area contributed by atoms with Gasteiger partial charge in [-0.05, 0) is 43.5 Å². The number of carboxylic acids is 1. The Labute approximate surface area is 218 Å². The summed E-state index contributed by atoms with van der Waals surface area (Å²) in [5.74, 6) is -2.81. The number of carbonyl (C=O) groups is 2. The molecule has 0 radical (unpaired) electrons. The molecular weight excluding hydrogens is 504 g/mol. The summed E-state index contributed by atoms with van der Waals surface area (Å²) in [6.45, 7) is 0.870. The SMILES string of the molecule is COc1ccc(C=CC(=O)O[C@H]2[C@H](O[C@@H]3OC=C(C(=O)O)[C@H]4CC[C@](C)(O)[C@@H]34)O[C@H](CO)[C@@H](O)[C@@H]2O)cc1. The maximum Gasteiger partial charge on any atom is 0.334 e. The Kier molecular flexibility index (Phi) is 8.40. The molecule has 12 heteroatoms. The van der Waals surface area contributed by atoms with Crippen molar-refractivity contribution < 1.29 is 58.8 Å². The fraction of sp³-hybridized carbons (Fsp3) is 0.538. The molecule has 4 rings (SSSR count). The van der Waals surface area contributed by atoms with Crippen LogP contribution in [-0.4, -0.2) is 93.8 Å². The van der Waals surface area contributed by atoms with E-state index in [1.165, 1.54) is 13.2 Å². The molecule has 2 heterocycles. The van der Waals surface area contributed by atoms with Crippen molar-refractivity contribution in [3.63, 3.8) is 0 Å². The van der Waals surface area contributed by atoms with Gasteiger partial charge >= 0.3 is 11.9 Å². The fourth-order valence-electron chi connectivity index (χ4n) is 5.17. The van der Waals surface area contributed by atoms with Gasteiger partial charge in [0.25, 0.3) is 0 Å². The summed E-state index contributed by atoms with van der Waals surface area (Å²) < 4.78 is 27.6. The number of hydrogen-bond donors (Lipinski definition) is 5. The van der Waals surface area contributed by atoms with Gasteiger partial charge in [-0.15, -0.1) is 0 Å². The van der Waals surface area contributed by atoms with Crippen LogP contribution in [0.4, 0.5) is 0 Å². The minimum Gasteiger partial charge on any atom is -0.497 e.